The van der Waals surface area contributed by atoms with Gasteiger partial charge < -0.3 is 4.57 Å². The number of amides is 1. The fraction of sp³-hybridized carbons (Fsp3) is 0.0882. The molecule has 0 unspecified atom stereocenters. The average Bonchev–Trinajstić information content (AvgIpc) is 3.72. The number of nitro benzene ring substituents is 1. The first kappa shape index (κ1) is 26.5. The summed E-state index contributed by atoms with van der Waals surface area (Å²) in [6.07, 6.45) is 1.84. The monoisotopic (exact) mass is 583 g/mol. The predicted molar refractivity (Wildman–Crippen MR) is 173 cm³/mol. The van der Waals surface area contributed by atoms with Crippen LogP contribution in [0.3, 0.4) is 0 Å². The van der Waals surface area contributed by atoms with Gasteiger partial charge in [-0.3, -0.25) is 14.9 Å². The Labute approximate surface area is 251 Å². The van der Waals surface area contributed by atoms with E-state index in [1.54, 1.807) is 12.1 Å². The zero-order chi connectivity index (χ0) is 29.7. The van der Waals surface area contributed by atoms with Gasteiger partial charge >= 0.3 is 0 Å². The van der Waals surface area contributed by atoms with E-state index in [1.807, 2.05) is 60.8 Å². The number of rotatable bonds is 6. The van der Waals surface area contributed by atoms with Crippen LogP contribution in [0.4, 0.5) is 10.8 Å². The molecule has 0 atom stereocenters. The summed E-state index contributed by atoms with van der Waals surface area (Å²) in [5.74, 6) is -0.311. The maximum absolute atomic E-state index is 14.0. The summed E-state index contributed by atoms with van der Waals surface area (Å²) in [4.78, 5) is 29.6. The Balaban J connectivity index is 1.33. The van der Waals surface area contributed by atoms with E-state index in [9.17, 15) is 14.9 Å². The maximum Gasteiger partial charge on any atom is 0.283 e. The minimum absolute atomic E-state index is 0.0310. The second-order valence-electron chi connectivity index (χ2n) is 10.3. The number of nitrogens with zero attached hydrogens (tertiary/aromatic N) is 5. The zero-order valence-electron chi connectivity index (χ0n) is 23.4. The number of thiazole rings is 1. The molecule has 1 amide bonds. The second-order valence-corrected chi connectivity index (χ2v) is 11.2. The molecule has 0 N–H and O–H groups in total. The molecule has 0 radical (unpaired) electrons. The van der Waals surface area contributed by atoms with Crippen LogP contribution in [0.25, 0.3) is 39.1 Å². The molecule has 0 saturated carbocycles. The Morgan fingerprint density at radius 3 is 2.37 bits per heavy atom. The Bertz CT molecular complexity index is 2120. The fourth-order valence-electron chi connectivity index (χ4n) is 5.52. The Morgan fingerprint density at radius 2 is 1.63 bits per heavy atom. The lowest BCUT2D eigenvalue weighted by Gasteiger charge is -2.07. The van der Waals surface area contributed by atoms with E-state index in [2.05, 4.69) is 35.8 Å². The van der Waals surface area contributed by atoms with Crippen molar-refractivity contribution in [1.29, 1.82) is 0 Å². The van der Waals surface area contributed by atoms with Crippen molar-refractivity contribution in [2.75, 3.05) is 5.01 Å². The molecule has 0 spiro atoms. The lowest BCUT2D eigenvalue weighted by molar-refractivity contribution is -0.384. The van der Waals surface area contributed by atoms with Gasteiger partial charge in [0.25, 0.3) is 11.6 Å². The third-order valence-corrected chi connectivity index (χ3v) is 8.49. The number of carbonyl (C=O) groups is 1. The summed E-state index contributed by atoms with van der Waals surface area (Å²) >= 11 is 1.34. The van der Waals surface area contributed by atoms with Crippen LogP contribution in [0.2, 0.25) is 0 Å². The molecule has 2 aromatic heterocycles. The smallest absolute Gasteiger partial charge is 0.283 e. The Morgan fingerprint density at radius 1 is 0.907 bits per heavy atom. The topological polar surface area (TPSA) is 93.6 Å². The van der Waals surface area contributed by atoms with E-state index >= 15 is 0 Å². The van der Waals surface area contributed by atoms with Crippen molar-refractivity contribution in [3.63, 3.8) is 0 Å². The number of hydrogen-bond donors (Lipinski definition) is 0. The molecule has 1 aliphatic rings. The van der Waals surface area contributed by atoms with Crippen molar-refractivity contribution in [2.24, 2.45) is 5.10 Å². The van der Waals surface area contributed by atoms with E-state index < -0.39 is 4.92 Å². The van der Waals surface area contributed by atoms with Gasteiger partial charge in [-0.25, -0.2) is 4.98 Å². The average molecular weight is 584 g/mol. The lowest BCUT2D eigenvalue weighted by Crippen LogP contribution is -2.21. The third-order valence-electron chi connectivity index (χ3n) is 7.67. The highest BCUT2D eigenvalue weighted by atomic mass is 32.1. The number of benzene rings is 4. The van der Waals surface area contributed by atoms with E-state index in [1.165, 1.54) is 28.5 Å². The quantitative estimate of drug-likeness (QED) is 0.113. The van der Waals surface area contributed by atoms with Crippen molar-refractivity contribution in [2.45, 2.75) is 20.4 Å². The summed E-state index contributed by atoms with van der Waals surface area (Å²) in [6, 6.07) is 28.6. The van der Waals surface area contributed by atoms with Gasteiger partial charge in [0.1, 0.15) is 5.71 Å². The molecule has 4 aromatic carbocycles. The highest BCUT2D eigenvalue weighted by Gasteiger charge is 2.34. The van der Waals surface area contributed by atoms with Gasteiger partial charge in [-0.1, -0.05) is 54.1 Å². The molecule has 7 rings (SSSR count). The molecule has 3 heterocycles. The number of aromatic nitrogens is 2. The molecule has 0 saturated heterocycles. The van der Waals surface area contributed by atoms with Gasteiger partial charge in [-0.05, 0) is 55.8 Å². The van der Waals surface area contributed by atoms with Gasteiger partial charge in [0.05, 0.1) is 16.2 Å². The van der Waals surface area contributed by atoms with E-state index in [4.69, 9.17) is 10.1 Å². The minimum Gasteiger partial charge on any atom is -0.341 e. The molecule has 43 heavy (non-hydrogen) atoms. The normalized spacial score (nSPS) is 14.3. The van der Waals surface area contributed by atoms with Crippen LogP contribution < -0.4 is 5.01 Å². The predicted octanol–water partition coefficient (Wildman–Crippen LogP) is 7.99. The van der Waals surface area contributed by atoms with Gasteiger partial charge in [0, 0.05) is 57.0 Å². The molecule has 210 valence electrons. The number of carbonyl (C=O) groups excluding carboxylic acids is 1. The largest absolute Gasteiger partial charge is 0.341 e. The number of hydrazone groups is 1. The first-order chi connectivity index (χ1) is 20.9. The lowest BCUT2D eigenvalue weighted by atomic mass is 9.99. The van der Waals surface area contributed by atoms with E-state index in [-0.39, 0.29) is 11.6 Å². The molecule has 9 heteroatoms. The molecule has 6 aromatic rings. The highest BCUT2D eigenvalue weighted by Crippen LogP contribution is 2.35. The van der Waals surface area contributed by atoms with Crippen molar-refractivity contribution in [3.8, 4) is 11.3 Å². The van der Waals surface area contributed by atoms with Crippen molar-refractivity contribution in [3.05, 3.63) is 129 Å². The number of hydrogen-bond acceptors (Lipinski definition) is 6. The molecular formula is C34H25N5O3S. The molecule has 0 aliphatic carbocycles. The number of fused-ring (bicyclic) bond motifs is 3. The second kappa shape index (κ2) is 10.5. The number of aryl methyl sites for hydroxylation is 2. The van der Waals surface area contributed by atoms with Gasteiger partial charge in [0.15, 0.2) is 0 Å². The molecular weight excluding hydrogens is 558 g/mol. The Hall–Kier alpha value is -5.41. The van der Waals surface area contributed by atoms with Crippen LogP contribution >= 0.6 is 11.3 Å². The van der Waals surface area contributed by atoms with E-state index in [0.717, 1.165) is 50.7 Å². The SMILES string of the molecule is CCn1c2ccccc2c2cc(/C=C3/C(=O)N(c4nc(-c5ccc(C)cc5)cs4)N=C3c3ccc([N+](=O)[O-])cc3)ccc21. The number of para-hydroxylation sites is 1. The van der Waals surface area contributed by atoms with Gasteiger partial charge in [0.2, 0.25) is 5.13 Å². The van der Waals surface area contributed by atoms with Crippen LogP contribution in [0.15, 0.2) is 107 Å². The van der Waals surface area contributed by atoms with Crippen LogP contribution in [0.5, 0.6) is 0 Å². The van der Waals surface area contributed by atoms with Crippen molar-refractivity contribution < 1.29 is 9.72 Å². The third kappa shape index (κ3) is 4.60. The number of nitro groups is 1. The number of non-ortho nitro benzene ring substituents is 1. The molecule has 1 aliphatic heterocycles. The van der Waals surface area contributed by atoms with Crippen LogP contribution in [0.1, 0.15) is 23.6 Å². The fourth-order valence-corrected chi connectivity index (χ4v) is 6.30. The van der Waals surface area contributed by atoms with Gasteiger partial charge in [-0.15, -0.1) is 11.3 Å². The van der Waals surface area contributed by atoms with Crippen molar-refractivity contribution >= 4 is 61.7 Å². The number of anilines is 1. The first-order valence-electron chi connectivity index (χ1n) is 13.8. The maximum atomic E-state index is 14.0. The molecule has 0 fully saturated rings. The van der Waals surface area contributed by atoms with Crippen molar-refractivity contribution in [1.82, 2.24) is 9.55 Å². The minimum atomic E-state index is -0.446. The molecule has 0 bridgehead atoms. The van der Waals surface area contributed by atoms with Crippen LogP contribution in [0, 0.1) is 17.0 Å². The van der Waals surface area contributed by atoms with E-state index in [0.29, 0.717) is 22.0 Å². The summed E-state index contributed by atoms with van der Waals surface area (Å²) in [5.41, 5.74) is 7.40. The molecule has 8 nitrogen and oxygen atoms in total. The van der Waals surface area contributed by atoms with Crippen LogP contribution in [-0.4, -0.2) is 26.1 Å². The first-order valence-corrected chi connectivity index (χ1v) is 14.7. The Kier molecular flexibility index (Phi) is 6.44. The standard InChI is InChI=1S/C34H25N5O3S/c1-3-37-30-7-5-4-6-26(30)27-18-22(10-17-31(27)37)19-28-32(24-13-15-25(16-14-24)39(41)42)36-38(33(28)40)34-35-29(20-43-34)23-11-8-21(2)9-12-23/h4-20H,3H2,1-2H3/b28-19+. The zero-order valence-corrected chi connectivity index (χ0v) is 24.2. The summed E-state index contributed by atoms with van der Waals surface area (Å²) < 4.78 is 2.28. The summed E-state index contributed by atoms with van der Waals surface area (Å²) in [5, 5.41) is 21.9. The highest BCUT2D eigenvalue weighted by molar-refractivity contribution is 7.14. The van der Waals surface area contributed by atoms with Gasteiger partial charge in [-0.2, -0.15) is 10.1 Å². The summed E-state index contributed by atoms with van der Waals surface area (Å²) in [6.45, 7) is 5.00. The summed E-state index contributed by atoms with van der Waals surface area (Å²) in [7, 11) is 0. The van der Waals surface area contributed by atoms with Crippen LogP contribution in [-0.2, 0) is 11.3 Å².